The van der Waals surface area contributed by atoms with Gasteiger partial charge in [-0.05, 0) is 43.3 Å². The number of anilines is 1. The molecule has 1 N–H and O–H groups in total. The predicted molar refractivity (Wildman–Crippen MR) is 82.7 cm³/mol. The molecule has 0 spiro atoms. The summed E-state index contributed by atoms with van der Waals surface area (Å²) in [4.78, 5) is 12.3. The van der Waals surface area contributed by atoms with Crippen LogP contribution in [-0.2, 0) is 0 Å². The molecule has 0 bridgehead atoms. The second kappa shape index (κ2) is 5.81. The molecule has 3 aromatic rings. The number of hydrogen-bond donors (Lipinski definition) is 1. The fraction of sp³-hybridized carbons (Fsp3) is 0.0588. The zero-order valence-corrected chi connectivity index (χ0v) is 12.0. The van der Waals surface area contributed by atoms with Crippen LogP contribution < -0.4 is 5.32 Å². The zero-order valence-electron chi connectivity index (χ0n) is 12.0. The molecule has 0 fully saturated rings. The van der Waals surface area contributed by atoms with E-state index in [1.165, 1.54) is 24.3 Å². The van der Waals surface area contributed by atoms with E-state index in [-0.39, 0.29) is 11.7 Å². The van der Waals surface area contributed by atoms with Gasteiger partial charge in [0.05, 0.1) is 11.9 Å². The number of rotatable bonds is 3. The van der Waals surface area contributed by atoms with Crippen LogP contribution in [0.1, 0.15) is 15.9 Å². The van der Waals surface area contributed by atoms with Gasteiger partial charge in [0.2, 0.25) is 0 Å². The van der Waals surface area contributed by atoms with E-state index in [0.717, 1.165) is 11.3 Å². The average molecular weight is 295 g/mol. The van der Waals surface area contributed by atoms with Gasteiger partial charge in [-0.3, -0.25) is 4.79 Å². The molecule has 0 aliphatic carbocycles. The van der Waals surface area contributed by atoms with Crippen LogP contribution >= 0.6 is 0 Å². The fourth-order valence-electron chi connectivity index (χ4n) is 2.13. The number of halogens is 1. The van der Waals surface area contributed by atoms with Gasteiger partial charge in [-0.1, -0.05) is 18.2 Å². The van der Waals surface area contributed by atoms with Crippen molar-refractivity contribution in [1.82, 2.24) is 9.78 Å². The van der Waals surface area contributed by atoms with Crippen LogP contribution in [0.3, 0.4) is 0 Å². The molecule has 0 unspecified atom stereocenters. The van der Waals surface area contributed by atoms with Gasteiger partial charge in [-0.15, -0.1) is 0 Å². The van der Waals surface area contributed by atoms with Crippen molar-refractivity contribution >= 4 is 11.7 Å². The predicted octanol–water partition coefficient (Wildman–Crippen LogP) is 3.57. The van der Waals surface area contributed by atoms with E-state index in [0.29, 0.717) is 11.4 Å². The van der Waals surface area contributed by atoms with E-state index in [4.69, 9.17) is 0 Å². The lowest BCUT2D eigenvalue weighted by Crippen LogP contribution is -2.15. The number of para-hydroxylation sites is 1. The Kier molecular flexibility index (Phi) is 3.70. The maximum Gasteiger partial charge on any atom is 0.256 e. The fourth-order valence-corrected chi connectivity index (χ4v) is 2.13. The molecular formula is C17H14FN3O. The van der Waals surface area contributed by atoms with E-state index in [9.17, 15) is 9.18 Å². The first kappa shape index (κ1) is 14.0. The van der Waals surface area contributed by atoms with Gasteiger partial charge in [0.1, 0.15) is 11.6 Å². The Hall–Kier alpha value is -2.95. The zero-order chi connectivity index (χ0) is 15.5. The van der Waals surface area contributed by atoms with Crippen molar-refractivity contribution in [1.29, 1.82) is 0 Å². The highest BCUT2D eigenvalue weighted by Gasteiger charge is 2.13. The number of aromatic nitrogens is 2. The number of hydrogen-bond acceptors (Lipinski definition) is 2. The van der Waals surface area contributed by atoms with Gasteiger partial charge in [0.15, 0.2) is 0 Å². The van der Waals surface area contributed by atoms with E-state index < -0.39 is 0 Å². The second-order valence-electron chi connectivity index (χ2n) is 4.88. The lowest BCUT2D eigenvalue weighted by atomic mass is 10.2. The maximum absolute atomic E-state index is 12.9. The minimum Gasteiger partial charge on any atom is -0.306 e. The lowest BCUT2D eigenvalue weighted by molar-refractivity contribution is 0.102. The number of carbonyl (C=O) groups excluding carboxylic acids is 1. The summed E-state index contributed by atoms with van der Waals surface area (Å²) < 4.78 is 14.6. The molecule has 3 rings (SSSR count). The van der Waals surface area contributed by atoms with Gasteiger partial charge in [0, 0.05) is 11.1 Å². The number of nitrogens with zero attached hydrogens (tertiary/aromatic N) is 2. The molecule has 1 heterocycles. The van der Waals surface area contributed by atoms with Crippen molar-refractivity contribution in [2.24, 2.45) is 0 Å². The molecule has 0 atom stereocenters. The number of carbonyl (C=O) groups is 1. The third-order valence-electron chi connectivity index (χ3n) is 3.29. The smallest absolute Gasteiger partial charge is 0.256 e. The third-order valence-corrected chi connectivity index (χ3v) is 3.29. The summed E-state index contributed by atoms with van der Waals surface area (Å²) in [5, 5.41) is 7.12. The summed E-state index contributed by atoms with van der Waals surface area (Å²) in [6.07, 6.45) is 1.69. The topological polar surface area (TPSA) is 46.9 Å². The van der Waals surface area contributed by atoms with Gasteiger partial charge in [0.25, 0.3) is 5.91 Å². The molecule has 5 heteroatoms. The molecular weight excluding hydrogens is 281 g/mol. The number of amides is 1. The Morgan fingerprint density at radius 1 is 1.09 bits per heavy atom. The van der Waals surface area contributed by atoms with Crippen molar-refractivity contribution in [2.45, 2.75) is 6.92 Å². The summed E-state index contributed by atoms with van der Waals surface area (Å²) in [5.74, 6) is -0.0802. The largest absolute Gasteiger partial charge is 0.306 e. The average Bonchev–Trinajstić information content (AvgIpc) is 2.90. The van der Waals surface area contributed by atoms with E-state index in [2.05, 4.69) is 10.4 Å². The van der Waals surface area contributed by atoms with Gasteiger partial charge < -0.3 is 5.32 Å². The molecule has 0 radical (unpaired) electrons. The highest BCUT2D eigenvalue weighted by atomic mass is 19.1. The molecule has 4 nitrogen and oxygen atoms in total. The minimum absolute atomic E-state index is 0.305. The molecule has 22 heavy (non-hydrogen) atoms. The molecule has 2 aromatic carbocycles. The van der Waals surface area contributed by atoms with Crippen LogP contribution in [0.5, 0.6) is 0 Å². The SMILES string of the molecule is Cc1cnn(-c2ccccc2)c1NC(=O)c1ccc(F)cc1. The first-order chi connectivity index (χ1) is 10.6. The summed E-state index contributed by atoms with van der Waals surface area (Å²) in [6, 6.07) is 14.9. The standard InChI is InChI=1S/C17H14FN3O/c1-12-11-19-21(15-5-3-2-4-6-15)16(12)20-17(22)13-7-9-14(18)10-8-13/h2-11H,1H3,(H,20,22). The molecule has 0 aliphatic heterocycles. The van der Waals surface area contributed by atoms with Gasteiger partial charge >= 0.3 is 0 Å². The van der Waals surface area contributed by atoms with E-state index in [1.54, 1.807) is 10.9 Å². The van der Waals surface area contributed by atoms with Crippen LogP contribution in [0.25, 0.3) is 5.69 Å². The second-order valence-corrected chi connectivity index (χ2v) is 4.88. The first-order valence-electron chi connectivity index (χ1n) is 6.82. The van der Waals surface area contributed by atoms with Crippen molar-refractivity contribution in [3.8, 4) is 5.69 Å². The summed E-state index contributed by atoms with van der Waals surface area (Å²) in [5.41, 5.74) is 2.09. The highest BCUT2D eigenvalue weighted by molar-refractivity contribution is 6.04. The maximum atomic E-state index is 12.9. The normalized spacial score (nSPS) is 10.5. The Balaban J connectivity index is 1.91. The first-order valence-corrected chi connectivity index (χ1v) is 6.82. The third kappa shape index (κ3) is 2.74. The number of benzene rings is 2. The molecule has 0 aliphatic rings. The van der Waals surface area contributed by atoms with Crippen LogP contribution in [0.15, 0.2) is 60.8 Å². The van der Waals surface area contributed by atoms with Crippen LogP contribution in [0.2, 0.25) is 0 Å². The van der Waals surface area contributed by atoms with Crippen LogP contribution in [0.4, 0.5) is 10.2 Å². The summed E-state index contributed by atoms with van der Waals surface area (Å²) in [7, 11) is 0. The lowest BCUT2D eigenvalue weighted by Gasteiger charge is -2.10. The molecule has 0 saturated carbocycles. The van der Waals surface area contributed by atoms with Crippen molar-refractivity contribution in [3.63, 3.8) is 0 Å². The Morgan fingerprint density at radius 2 is 1.77 bits per heavy atom. The van der Waals surface area contributed by atoms with Crippen molar-refractivity contribution < 1.29 is 9.18 Å². The minimum atomic E-state index is -0.373. The summed E-state index contributed by atoms with van der Waals surface area (Å²) in [6.45, 7) is 1.87. The van der Waals surface area contributed by atoms with Crippen LogP contribution in [-0.4, -0.2) is 15.7 Å². The molecule has 1 aromatic heterocycles. The number of aryl methyl sites for hydroxylation is 1. The van der Waals surface area contributed by atoms with E-state index >= 15 is 0 Å². The summed E-state index contributed by atoms with van der Waals surface area (Å²) >= 11 is 0. The Labute approximate surface area is 127 Å². The molecule has 0 saturated heterocycles. The Morgan fingerprint density at radius 3 is 2.45 bits per heavy atom. The Bertz CT molecular complexity index is 795. The molecule has 1 amide bonds. The van der Waals surface area contributed by atoms with Crippen molar-refractivity contribution in [2.75, 3.05) is 5.32 Å². The highest BCUT2D eigenvalue weighted by Crippen LogP contribution is 2.20. The quantitative estimate of drug-likeness (QED) is 0.803. The van der Waals surface area contributed by atoms with Crippen molar-refractivity contribution in [3.05, 3.63) is 77.7 Å². The molecule has 110 valence electrons. The van der Waals surface area contributed by atoms with E-state index in [1.807, 2.05) is 37.3 Å². The van der Waals surface area contributed by atoms with Crippen LogP contribution in [0, 0.1) is 12.7 Å². The van der Waals surface area contributed by atoms with Gasteiger partial charge in [-0.2, -0.15) is 5.10 Å². The monoisotopic (exact) mass is 295 g/mol. The number of nitrogens with one attached hydrogen (secondary N) is 1. The van der Waals surface area contributed by atoms with Gasteiger partial charge in [-0.25, -0.2) is 9.07 Å².